The van der Waals surface area contributed by atoms with E-state index in [1.807, 2.05) is 30.9 Å². The first kappa shape index (κ1) is 25.5. The molecule has 1 aliphatic carbocycles. The van der Waals surface area contributed by atoms with Crippen LogP contribution in [0.4, 0.5) is 5.69 Å². The SMILES string of the molecule is C=C1NC(C)=CC(C)=C1CNC(=O)c1cc(C2=CCN(C(C)=O)CC2)cc(NC2CCCC2)c1C=N. The highest BCUT2D eigenvalue weighted by atomic mass is 16.2. The molecule has 7 nitrogen and oxygen atoms in total. The summed E-state index contributed by atoms with van der Waals surface area (Å²) in [6, 6.07) is 4.31. The van der Waals surface area contributed by atoms with Crippen molar-refractivity contribution < 1.29 is 9.59 Å². The second kappa shape index (κ2) is 11.0. The van der Waals surface area contributed by atoms with E-state index in [1.54, 1.807) is 6.92 Å². The van der Waals surface area contributed by atoms with Gasteiger partial charge in [0, 0.05) is 61.5 Å². The van der Waals surface area contributed by atoms with Crippen molar-refractivity contribution in [3.63, 3.8) is 0 Å². The van der Waals surface area contributed by atoms with Crippen LogP contribution < -0.4 is 16.0 Å². The van der Waals surface area contributed by atoms with Crippen LogP contribution in [0, 0.1) is 5.41 Å². The lowest BCUT2D eigenvalue weighted by atomic mass is 9.93. The zero-order valence-corrected chi connectivity index (χ0v) is 21.6. The van der Waals surface area contributed by atoms with Gasteiger partial charge >= 0.3 is 0 Å². The van der Waals surface area contributed by atoms with Crippen LogP contribution in [0.15, 0.2) is 53.4 Å². The van der Waals surface area contributed by atoms with Gasteiger partial charge in [-0.25, -0.2) is 0 Å². The van der Waals surface area contributed by atoms with Gasteiger partial charge in [0.15, 0.2) is 0 Å². The number of rotatable bonds is 7. The molecule has 1 aromatic rings. The first-order chi connectivity index (χ1) is 17.3. The van der Waals surface area contributed by atoms with E-state index in [9.17, 15) is 9.59 Å². The van der Waals surface area contributed by atoms with Crippen molar-refractivity contribution in [2.75, 3.05) is 25.0 Å². The van der Waals surface area contributed by atoms with Crippen molar-refractivity contribution in [2.24, 2.45) is 0 Å². The monoisotopic (exact) mass is 487 g/mol. The Kier molecular flexibility index (Phi) is 7.77. The first-order valence-electron chi connectivity index (χ1n) is 12.8. The van der Waals surface area contributed by atoms with Gasteiger partial charge in [0.05, 0.1) is 5.56 Å². The second-order valence-corrected chi connectivity index (χ2v) is 9.97. The number of anilines is 1. The molecular formula is C29H37N5O2. The fraction of sp³-hybridized carbons (Fsp3) is 0.414. The topological polar surface area (TPSA) is 97.3 Å². The van der Waals surface area contributed by atoms with Gasteiger partial charge in [-0.05, 0) is 73.6 Å². The number of allylic oxidation sites excluding steroid dienone is 3. The molecule has 36 heavy (non-hydrogen) atoms. The molecule has 0 bridgehead atoms. The van der Waals surface area contributed by atoms with E-state index < -0.39 is 0 Å². The number of hydrogen-bond donors (Lipinski definition) is 4. The second-order valence-electron chi connectivity index (χ2n) is 9.97. The molecule has 1 fully saturated rings. The van der Waals surface area contributed by atoms with E-state index >= 15 is 0 Å². The summed E-state index contributed by atoms with van der Waals surface area (Å²) >= 11 is 0. The van der Waals surface area contributed by atoms with Crippen LogP contribution in [-0.4, -0.2) is 48.6 Å². The van der Waals surface area contributed by atoms with E-state index in [-0.39, 0.29) is 11.8 Å². The van der Waals surface area contributed by atoms with Crippen molar-refractivity contribution in [3.8, 4) is 0 Å². The summed E-state index contributed by atoms with van der Waals surface area (Å²) in [5, 5.41) is 18.1. The average Bonchev–Trinajstić information content (AvgIpc) is 3.36. The maximum absolute atomic E-state index is 13.5. The van der Waals surface area contributed by atoms with Crippen LogP contribution >= 0.6 is 0 Å². The fourth-order valence-electron chi connectivity index (χ4n) is 5.32. The Balaban J connectivity index is 1.65. The molecule has 2 amide bonds. The maximum atomic E-state index is 13.5. The molecule has 7 heteroatoms. The molecule has 1 saturated carbocycles. The normalized spacial score (nSPS) is 18.4. The van der Waals surface area contributed by atoms with Gasteiger partial charge in [-0.1, -0.05) is 25.5 Å². The Morgan fingerprint density at radius 3 is 2.61 bits per heavy atom. The quantitative estimate of drug-likeness (QED) is 0.418. The Hall–Kier alpha value is -3.61. The van der Waals surface area contributed by atoms with Gasteiger partial charge in [0.2, 0.25) is 5.91 Å². The largest absolute Gasteiger partial charge is 0.382 e. The van der Waals surface area contributed by atoms with E-state index in [1.165, 1.54) is 19.1 Å². The highest BCUT2D eigenvalue weighted by molar-refractivity contribution is 6.06. The Morgan fingerprint density at radius 1 is 1.25 bits per heavy atom. The number of benzene rings is 1. The molecule has 0 radical (unpaired) electrons. The first-order valence-corrected chi connectivity index (χ1v) is 12.8. The molecule has 1 aromatic carbocycles. The van der Waals surface area contributed by atoms with Gasteiger partial charge in [0.25, 0.3) is 5.91 Å². The van der Waals surface area contributed by atoms with Crippen LogP contribution in [0.5, 0.6) is 0 Å². The summed E-state index contributed by atoms with van der Waals surface area (Å²) in [4.78, 5) is 27.1. The predicted molar refractivity (Wildman–Crippen MR) is 146 cm³/mol. The third-order valence-corrected chi connectivity index (χ3v) is 7.36. The number of dihydropyridines is 1. The number of amides is 2. The van der Waals surface area contributed by atoms with E-state index in [0.29, 0.717) is 36.8 Å². The highest BCUT2D eigenvalue weighted by Gasteiger charge is 2.23. The van der Waals surface area contributed by atoms with Gasteiger partial charge in [-0.2, -0.15) is 0 Å². The van der Waals surface area contributed by atoms with Crippen molar-refractivity contribution in [1.29, 1.82) is 5.41 Å². The van der Waals surface area contributed by atoms with E-state index in [4.69, 9.17) is 5.41 Å². The molecule has 0 atom stereocenters. The molecular weight excluding hydrogens is 450 g/mol. The highest BCUT2D eigenvalue weighted by Crippen LogP contribution is 2.32. The number of nitrogens with zero attached hydrogens (tertiary/aromatic N) is 1. The van der Waals surface area contributed by atoms with Crippen LogP contribution in [0.25, 0.3) is 5.57 Å². The molecule has 190 valence electrons. The lowest BCUT2D eigenvalue weighted by molar-refractivity contribution is -0.128. The van der Waals surface area contributed by atoms with Crippen molar-refractivity contribution in [1.82, 2.24) is 15.5 Å². The molecule has 2 heterocycles. The van der Waals surface area contributed by atoms with Gasteiger partial charge < -0.3 is 26.3 Å². The minimum absolute atomic E-state index is 0.0709. The molecule has 3 aliphatic rings. The summed E-state index contributed by atoms with van der Waals surface area (Å²) in [5.41, 5.74) is 7.85. The van der Waals surface area contributed by atoms with Gasteiger partial charge in [-0.3, -0.25) is 9.59 Å². The Morgan fingerprint density at radius 2 is 2.00 bits per heavy atom. The van der Waals surface area contributed by atoms with E-state index in [2.05, 4.69) is 34.7 Å². The minimum Gasteiger partial charge on any atom is -0.382 e. The fourth-order valence-corrected chi connectivity index (χ4v) is 5.32. The number of carbonyl (C=O) groups excluding carboxylic acids is 2. The molecule has 0 aromatic heterocycles. The third-order valence-electron chi connectivity index (χ3n) is 7.36. The summed E-state index contributed by atoms with van der Waals surface area (Å²) < 4.78 is 0. The zero-order chi connectivity index (χ0) is 25.8. The lowest BCUT2D eigenvalue weighted by Crippen LogP contribution is -2.33. The van der Waals surface area contributed by atoms with Crippen LogP contribution in [0.1, 0.15) is 74.4 Å². The Bertz CT molecular complexity index is 1180. The Labute approximate surface area is 213 Å². The molecule has 4 N–H and O–H groups in total. The predicted octanol–water partition coefficient (Wildman–Crippen LogP) is 4.74. The summed E-state index contributed by atoms with van der Waals surface area (Å²) in [6.07, 6.45) is 10.7. The number of carbonyl (C=O) groups is 2. The van der Waals surface area contributed by atoms with E-state index in [0.717, 1.165) is 58.6 Å². The number of hydrogen-bond acceptors (Lipinski definition) is 5. The van der Waals surface area contributed by atoms with Crippen molar-refractivity contribution in [3.05, 3.63) is 70.1 Å². The molecule has 4 rings (SSSR count). The van der Waals surface area contributed by atoms with Crippen molar-refractivity contribution >= 4 is 29.3 Å². The molecule has 0 unspecified atom stereocenters. The van der Waals surface area contributed by atoms with Crippen LogP contribution in [0.3, 0.4) is 0 Å². The third kappa shape index (κ3) is 5.61. The lowest BCUT2D eigenvalue weighted by Gasteiger charge is -2.26. The summed E-state index contributed by atoms with van der Waals surface area (Å²) in [5.74, 6) is -0.146. The summed E-state index contributed by atoms with van der Waals surface area (Å²) in [6.45, 7) is 11.3. The molecule has 0 spiro atoms. The zero-order valence-electron chi connectivity index (χ0n) is 21.6. The maximum Gasteiger partial charge on any atom is 0.252 e. The standard InChI is InChI=1S/C29H37N5O2/c1-18-13-19(2)32-20(3)27(18)17-31-29(36)25-14-23(22-9-11-34(12-10-22)21(4)35)15-28(26(25)16-30)33-24-7-5-6-8-24/h9,13-16,24,30,32-33H,3,5-8,10-12,17H2,1-2,4H3,(H,31,36). The number of nitrogens with one attached hydrogen (secondary N) is 4. The molecule has 0 saturated heterocycles. The minimum atomic E-state index is -0.217. The summed E-state index contributed by atoms with van der Waals surface area (Å²) in [7, 11) is 0. The van der Waals surface area contributed by atoms with Crippen LogP contribution in [0.2, 0.25) is 0 Å². The van der Waals surface area contributed by atoms with Crippen LogP contribution in [-0.2, 0) is 4.79 Å². The smallest absolute Gasteiger partial charge is 0.252 e. The van der Waals surface area contributed by atoms with Gasteiger partial charge in [-0.15, -0.1) is 0 Å². The van der Waals surface area contributed by atoms with Crippen molar-refractivity contribution in [2.45, 2.75) is 58.9 Å². The van der Waals surface area contributed by atoms with Gasteiger partial charge in [0.1, 0.15) is 0 Å². The average molecular weight is 488 g/mol. The molecule has 2 aliphatic heterocycles.